The standard InChI is InChI=1S/C17H24O/c1-3-4-5-6-7-8-17(14-18)13-16-11-9-15(2)10-12-16/h9-14H,3-8H2,1-2H3/b17-13+. The molecular weight excluding hydrogens is 220 g/mol. The molecular formula is C17H24O. The number of carbonyl (C=O) groups is 1. The molecule has 0 unspecified atom stereocenters. The van der Waals surface area contributed by atoms with E-state index in [2.05, 4.69) is 38.1 Å². The maximum Gasteiger partial charge on any atom is 0.146 e. The van der Waals surface area contributed by atoms with Crippen LogP contribution in [-0.2, 0) is 4.79 Å². The van der Waals surface area contributed by atoms with Crippen molar-refractivity contribution in [1.29, 1.82) is 0 Å². The van der Waals surface area contributed by atoms with E-state index < -0.39 is 0 Å². The lowest BCUT2D eigenvalue weighted by molar-refractivity contribution is -0.105. The van der Waals surface area contributed by atoms with Crippen LogP contribution in [0.25, 0.3) is 6.08 Å². The van der Waals surface area contributed by atoms with Gasteiger partial charge in [0.2, 0.25) is 0 Å². The van der Waals surface area contributed by atoms with Gasteiger partial charge < -0.3 is 0 Å². The molecule has 0 aliphatic rings. The highest BCUT2D eigenvalue weighted by Crippen LogP contribution is 2.14. The summed E-state index contributed by atoms with van der Waals surface area (Å²) >= 11 is 0. The van der Waals surface area contributed by atoms with Crippen molar-refractivity contribution >= 4 is 12.4 Å². The second kappa shape index (κ2) is 8.68. The van der Waals surface area contributed by atoms with Crippen molar-refractivity contribution in [2.75, 3.05) is 0 Å². The Morgan fingerprint density at radius 1 is 1.06 bits per heavy atom. The summed E-state index contributed by atoms with van der Waals surface area (Å²) in [4.78, 5) is 11.0. The molecule has 0 bridgehead atoms. The molecule has 1 heteroatoms. The average Bonchev–Trinajstić information content (AvgIpc) is 2.39. The molecule has 0 radical (unpaired) electrons. The smallest absolute Gasteiger partial charge is 0.146 e. The summed E-state index contributed by atoms with van der Waals surface area (Å²) < 4.78 is 0. The Labute approximate surface area is 111 Å². The Kier molecular flexibility index (Phi) is 7.09. The van der Waals surface area contributed by atoms with Gasteiger partial charge in [-0.25, -0.2) is 0 Å². The lowest BCUT2D eigenvalue weighted by Gasteiger charge is -2.01. The average molecular weight is 244 g/mol. The molecule has 1 nitrogen and oxygen atoms in total. The third-order valence-electron chi connectivity index (χ3n) is 3.15. The van der Waals surface area contributed by atoms with Gasteiger partial charge in [-0.2, -0.15) is 0 Å². The number of benzene rings is 1. The molecule has 18 heavy (non-hydrogen) atoms. The first kappa shape index (κ1) is 14.7. The van der Waals surface area contributed by atoms with Gasteiger partial charge in [0.25, 0.3) is 0 Å². The monoisotopic (exact) mass is 244 g/mol. The quantitative estimate of drug-likeness (QED) is 0.360. The van der Waals surface area contributed by atoms with E-state index in [9.17, 15) is 4.79 Å². The van der Waals surface area contributed by atoms with E-state index in [4.69, 9.17) is 0 Å². The van der Waals surface area contributed by atoms with Gasteiger partial charge in [-0.15, -0.1) is 0 Å². The summed E-state index contributed by atoms with van der Waals surface area (Å²) in [5, 5.41) is 0. The van der Waals surface area contributed by atoms with E-state index >= 15 is 0 Å². The highest BCUT2D eigenvalue weighted by atomic mass is 16.1. The summed E-state index contributed by atoms with van der Waals surface area (Å²) in [5.41, 5.74) is 3.28. The van der Waals surface area contributed by atoms with E-state index in [0.717, 1.165) is 30.3 Å². The number of aryl methyl sites for hydroxylation is 1. The van der Waals surface area contributed by atoms with E-state index in [1.54, 1.807) is 0 Å². The molecule has 0 aliphatic carbocycles. The largest absolute Gasteiger partial charge is 0.298 e. The van der Waals surface area contributed by atoms with Crippen LogP contribution >= 0.6 is 0 Å². The summed E-state index contributed by atoms with van der Waals surface area (Å²) in [6, 6.07) is 8.29. The normalized spacial score (nSPS) is 11.6. The van der Waals surface area contributed by atoms with Crippen LogP contribution in [0, 0.1) is 6.92 Å². The van der Waals surface area contributed by atoms with Crippen LogP contribution in [0.15, 0.2) is 29.8 Å². The van der Waals surface area contributed by atoms with E-state index in [-0.39, 0.29) is 0 Å². The lowest BCUT2D eigenvalue weighted by Crippen LogP contribution is -1.87. The van der Waals surface area contributed by atoms with Gasteiger partial charge in [0.05, 0.1) is 0 Å². The minimum Gasteiger partial charge on any atom is -0.298 e. The molecule has 98 valence electrons. The van der Waals surface area contributed by atoms with Crippen molar-refractivity contribution in [3.63, 3.8) is 0 Å². The highest BCUT2D eigenvalue weighted by Gasteiger charge is 1.97. The van der Waals surface area contributed by atoms with Gasteiger partial charge in [-0.3, -0.25) is 4.79 Å². The van der Waals surface area contributed by atoms with Crippen LogP contribution in [0.1, 0.15) is 56.6 Å². The van der Waals surface area contributed by atoms with Crippen LogP contribution in [-0.4, -0.2) is 6.29 Å². The van der Waals surface area contributed by atoms with Gasteiger partial charge in [0.1, 0.15) is 6.29 Å². The second-order valence-electron chi connectivity index (χ2n) is 4.91. The molecule has 0 saturated heterocycles. The molecule has 1 aromatic rings. The Morgan fingerprint density at radius 3 is 2.33 bits per heavy atom. The van der Waals surface area contributed by atoms with Gasteiger partial charge >= 0.3 is 0 Å². The minimum atomic E-state index is 0.904. The Hall–Kier alpha value is -1.37. The van der Waals surface area contributed by atoms with Gasteiger partial charge in [-0.1, -0.05) is 62.4 Å². The Bertz CT molecular complexity index is 373. The van der Waals surface area contributed by atoms with Crippen LogP contribution in [0.4, 0.5) is 0 Å². The fraction of sp³-hybridized carbons (Fsp3) is 0.471. The first-order valence-corrected chi connectivity index (χ1v) is 6.98. The first-order chi connectivity index (χ1) is 8.76. The number of aldehydes is 1. The van der Waals surface area contributed by atoms with E-state index in [1.807, 2.05) is 6.08 Å². The fourth-order valence-electron chi connectivity index (χ4n) is 1.97. The van der Waals surface area contributed by atoms with Crippen molar-refractivity contribution in [1.82, 2.24) is 0 Å². The first-order valence-electron chi connectivity index (χ1n) is 6.98. The van der Waals surface area contributed by atoms with Crippen LogP contribution in [0.3, 0.4) is 0 Å². The van der Waals surface area contributed by atoms with Crippen LogP contribution in [0.5, 0.6) is 0 Å². The van der Waals surface area contributed by atoms with Crippen molar-refractivity contribution in [2.45, 2.75) is 52.4 Å². The van der Waals surface area contributed by atoms with Crippen LogP contribution in [0.2, 0.25) is 0 Å². The predicted molar refractivity (Wildman–Crippen MR) is 78.6 cm³/mol. The molecule has 0 aromatic heterocycles. The number of rotatable bonds is 8. The van der Waals surface area contributed by atoms with E-state index in [0.29, 0.717) is 0 Å². The Morgan fingerprint density at radius 2 is 1.72 bits per heavy atom. The third-order valence-corrected chi connectivity index (χ3v) is 3.15. The second-order valence-corrected chi connectivity index (χ2v) is 4.91. The van der Waals surface area contributed by atoms with Gasteiger partial charge in [0.15, 0.2) is 0 Å². The summed E-state index contributed by atoms with van der Waals surface area (Å²) in [5.74, 6) is 0. The maximum atomic E-state index is 11.0. The summed E-state index contributed by atoms with van der Waals surface area (Å²) in [7, 11) is 0. The zero-order valence-electron chi connectivity index (χ0n) is 11.6. The number of allylic oxidation sites excluding steroid dienone is 1. The number of hydrogen-bond acceptors (Lipinski definition) is 1. The Balaban J connectivity index is 2.44. The van der Waals surface area contributed by atoms with Crippen molar-refractivity contribution in [3.8, 4) is 0 Å². The topological polar surface area (TPSA) is 17.1 Å². The van der Waals surface area contributed by atoms with Gasteiger partial charge in [0, 0.05) is 0 Å². The molecule has 1 aromatic carbocycles. The molecule has 0 spiro atoms. The fourth-order valence-corrected chi connectivity index (χ4v) is 1.97. The molecule has 0 fully saturated rings. The molecule has 0 heterocycles. The molecule has 0 saturated carbocycles. The zero-order chi connectivity index (χ0) is 13.2. The van der Waals surface area contributed by atoms with Gasteiger partial charge in [-0.05, 0) is 37.0 Å². The van der Waals surface area contributed by atoms with Crippen LogP contribution < -0.4 is 0 Å². The number of hydrogen-bond donors (Lipinski definition) is 0. The number of carbonyl (C=O) groups excluding carboxylic acids is 1. The summed E-state index contributed by atoms with van der Waals surface area (Å²) in [6.45, 7) is 4.29. The minimum absolute atomic E-state index is 0.904. The number of unbranched alkanes of at least 4 members (excludes halogenated alkanes) is 4. The molecule has 0 amide bonds. The molecule has 0 atom stereocenters. The molecule has 0 N–H and O–H groups in total. The van der Waals surface area contributed by atoms with Crippen molar-refractivity contribution < 1.29 is 4.79 Å². The third kappa shape index (κ3) is 5.81. The lowest BCUT2D eigenvalue weighted by atomic mass is 10.0. The van der Waals surface area contributed by atoms with Crippen molar-refractivity contribution in [2.24, 2.45) is 0 Å². The molecule has 1 rings (SSSR count). The SMILES string of the molecule is CCCCCCC/C(C=O)=C\c1ccc(C)cc1. The maximum absolute atomic E-state index is 11.0. The molecule has 0 aliphatic heterocycles. The summed E-state index contributed by atoms with van der Waals surface area (Å²) in [6.07, 6.45) is 10.1. The van der Waals surface area contributed by atoms with Crippen molar-refractivity contribution in [3.05, 3.63) is 41.0 Å². The van der Waals surface area contributed by atoms with E-state index in [1.165, 1.54) is 31.2 Å². The highest BCUT2D eigenvalue weighted by molar-refractivity contribution is 5.81. The zero-order valence-corrected chi connectivity index (χ0v) is 11.6. The predicted octanol–water partition coefficient (Wildman–Crippen LogP) is 4.94.